The summed E-state index contributed by atoms with van der Waals surface area (Å²) in [6.07, 6.45) is 1.75. The molecule has 1 aromatic heterocycles. The molecule has 0 aliphatic heterocycles. The van der Waals surface area contributed by atoms with Crippen LogP contribution in [0.15, 0.2) is 30.5 Å². The van der Waals surface area contributed by atoms with Crippen LogP contribution in [0.4, 0.5) is 0 Å². The molecule has 0 spiro atoms. The fourth-order valence-electron chi connectivity index (χ4n) is 1.97. The van der Waals surface area contributed by atoms with Crippen molar-refractivity contribution >= 4 is 22.5 Å². The molecule has 1 atom stereocenters. The van der Waals surface area contributed by atoms with Gasteiger partial charge in [-0.05, 0) is 23.8 Å². The Morgan fingerprint density at radius 3 is 3.00 bits per heavy atom. The van der Waals surface area contributed by atoms with Crippen LogP contribution < -0.4 is 5.32 Å². The molecule has 1 heterocycles. The highest BCUT2D eigenvalue weighted by molar-refractivity contribution is 6.35. The van der Waals surface area contributed by atoms with Crippen LogP contribution in [0.3, 0.4) is 0 Å². The summed E-state index contributed by atoms with van der Waals surface area (Å²) in [5.74, 6) is 0. The molecule has 0 amide bonds. The zero-order chi connectivity index (χ0) is 13.7. The SMILES string of the molecule is COC[C@H](CO)NCc1ccc(Cl)c2cccnc12. The molecule has 0 aliphatic carbocycles. The maximum Gasteiger partial charge on any atom is 0.0761 e. The zero-order valence-corrected chi connectivity index (χ0v) is 11.5. The quantitative estimate of drug-likeness (QED) is 0.850. The van der Waals surface area contributed by atoms with Crippen molar-refractivity contribution in [1.82, 2.24) is 10.3 Å². The van der Waals surface area contributed by atoms with E-state index in [0.29, 0.717) is 18.2 Å². The van der Waals surface area contributed by atoms with Gasteiger partial charge in [0.25, 0.3) is 0 Å². The second kappa shape index (κ2) is 6.82. The number of rotatable bonds is 6. The van der Waals surface area contributed by atoms with Crippen molar-refractivity contribution in [2.45, 2.75) is 12.6 Å². The summed E-state index contributed by atoms with van der Waals surface area (Å²) in [6, 6.07) is 7.55. The predicted molar refractivity (Wildman–Crippen MR) is 76.3 cm³/mol. The number of ether oxygens (including phenoxy) is 1. The Hall–Kier alpha value is -1.20. The molecule has 102 valence electrons. The summed E-state index contributed by atoms with van der Waals surface area (Å²) >= 11 is 6.15. The minimum absolute atomic E-state index is 0.0345. The van der Waals surface area contributed by atoms with E-state index >= 15 is 0 Å². The van der Waals surface area contributed by atoms with Crippen molar-refractivity contribution in [3.8, 4) is 0 Å². The van der Waals surface area contributed by atoms with Gasteiger partial charge in [-0.15, -0.1) is 0 Å². The van der Waals surface area contributed by atoms with Gasteiger partial charge in [0.15, 0.2) is 0 Å². The van der Waals surface area contributed by atoms with Gasteiger partial charge >= 0.3 is 0 Å². The minimum Gasteiger partial charge on any atom is -0.395 e. The fourth-order valence-corrected chi connectivity index (χ4v) is 2.19. The lowest BCUT2D eigenvalue weighted by atomic mass is 10.1. The van der Waals surface area contributed by atoms with Crippen molar-refractivity contribution in [3.63, 3.8) is 0 Å². The average Bonchev–Trinajstić information content (AvgIpc) is 2.45. The highest BCUT2D eigenvalue weighted by Crippen LogP contribution is 2.24. The molecule has 0 saturated carbocycles. The lowest BCUT2D eigenvalue weighted by molar-refractivity contribution is 0.128. The van der Waals surface area contributed by atoms with E-state index in [1.807, 2.05) is 24.3 Å². The second-order valence-electron chi connectivity index (χ2n) is 4.32. The summed E-state index contributed by atoms with van der Waals surface area (Å²) in [5, 5.41) is 14.1. The number of benzene rings is 1. The van der Waals surface area contributed by atoms with Crippen LogP contribution >= 0.6 is 11.6 Å². The van der Waals surface area contributed by atoms with Gasteiger partial charge in [0, 0.05) is 30.3 Å². The first-order valence-corrected chi connectivity index (χ1v) is 6.49. The molecular formula is C14H17ClN2O2. The number of hydrogen-bond donors (Lipinski definition) is 2. The smallest absolute Gasteiger partial charge is 0.0761 e. The highest BCUT2D eigenvalue weighted by Gasteiger charge is 2.09. The number of methoxy groups -OCH3 is 1. The maximum absolute atomic E-state index is 9.21. The molecule has 0 saturated heterocycles. The molecule has 0 bridgehead atoms. The third-order valence-electron chi connectivity index (χ3n) is 2.97. The Bertz CT molecular complexity index is 548. The summed E-state index contributed by atoms with van der Waals surface area (Å²) in [7, 11) is 1.61. The van der Waals surface area contributed by atoms with Crippen LogP contribution in [0.5, 0.6) is 0 Å². The average molecular weight is 281 g/mol. The molecule has 2 aromatic rings. The molecule has 2 rings (SSSR count). The molecule has 4 nitrogen and oxygen atoms in total. The van der Waals surface area contributed by atoms with Gasteiger partial charge in [-0.3, -0.25) is 4.98 Å². The number of aromatic nitrogens is 1. The van der Waals surface area contributed by atoms with E-state index in [0.717, 1.165) is 16.5 Å². The number of aliphatic hydroxyl groups is 1. The van der Waals surface area contributed by atoms with Gasteiger partial charge < -0.3 is 15.2 Å². The van der Waals surface area contributed by atoms with Gasteiger partial charge in [-0.2, -0.15) is 0 Å². The Morgan fingerprint density at radius 2 is 2.26 bits per heavy atom. The molecule has 0 radical (unpaired) electrons. The molecule has 0 aliphatic rings. The van der Waals surface area contributed by atoms with Gasteiger partial charge in [-0.25, -0.2) is 0 Å². The molecule has 19 heavy (non-hydrogen) atoms. The van der Waals surface area contributed by atoms with Crippen molar-refractivity contribution in [3.05, 3.63) is 41.0 Å². The highest BCUT2D eigenvalue weighted by atomic mass is 35.5. The van der Waals surface area contributed by atoms with Crippen LogP contribution in [0, 0.1) is 0 Å². The minimum atomic E-state index is -0.0839. The van der Waals surface area contributed by atoms with E-state index in [4.69, 9.17) is 16.3 Å². The van der Waals surface area contributed by atoms with Crippen molar-refractivity contribution < 1.29 is 9.84 Å². The van der Waals surface area contributed by atoms with E-state index < -0.39 is 0 Å². The largest absolute Gasteiger partial charge is 0.395 e. The summed E-state index contributed by atoms with van der Waals surface area (Å²) < 4.78 is 5.03. The fraction of sp³-hybridized carbons (Fsp3) is 0.357. The number of fused-ring (bicyclic) bond motifs is 1. The van der Waals surface area contributed by atoms with Crippen LogP contribution in [0.1, 0.15) is 5.56 Å². The van der Waals surface area contributed by atoms with Crippen LogP contribution in [0.25, 0.3) is 10.9 Å². The predicted octanol–water partition coefficient (Wildman–Crippen LogP) is 1.99. The number of nitrogens with zero attached hydrogens (tertiary/aromatic N) is 1. The molecule has 0 fully saturated rings. The van der Waals surface area contributed by atoms with Crippen molar-refractivity contribution in [2.75, 3.05) is 20.3 Å². The van der Waals surface area contributed by atoms with Gasteiger partial charge in [-0.1, -0.05) is 17.7 Å². The topological polar surface area (TPSA) is 54.4 Å². The summed E-state index contributed by atoms with van der Waals surface area (Å²) in [5.41, 5.74) is 1.94. The monoisotopic (exact) mass is 280 g/mol. The third-order valence-corrected chi connectivity index (χ3v) is 3.30. The van der Waals surface area contributed by atoms with Crippen LogP contribution in [-0.4, -0.2) is 36.5 Å². The van der Waals surface area contributed by atoms with E-state index in [1.54, 1.807) is 13.3 Å². The van der Waals surface area contributed by atoms with E-state index in [1.165, 1.54) is 0 Å². The van der Waals surface area contributed by atoms with Gasteiger partial charge in [0.2, 0.25) is 0 Å². The molecular weight excluding hydrogens is 264 g/mol. The number of hydrogen-bond acceptors (Lipinski definition) is 4. The Morgan fingerprint density at radius 1 is 1.42 bits per heavy atom. The second-order valence-corrected chi connectivity index (χ2v) is 4.73. The number of pyridine rings is 1. The zero-order valence-electron chi connectivity index (χ0n) is 10.8. The van der Waals surface area contributed by atoms with E-state index in [2.05, 4.69) is 10.3 Å². The first-order valence-electron chi connectivity index (χ1n) is 6.11. The van der Waals surface area contributed by atoms with E-state index in [-0.39, 0.29) is 12.6 Å². The Balaban J connectivity index is 2.19. The molecule has 1 aromatic carbocycles. The lowest BCUT2D eigenvalue weighted by Gasteiger charge is -2.16. The standard InChI is InChI=1S/C14H17ClN2O2/c1-19-9-11(8-18)17-7-10-4-5-13(15)12-3-2-6-16-14(10)12/h2-6,11,17-18H,7-9H2,1H3/t11-/m0/s1. The first kappa shape index (κ1) is 14.2. The Labute approximate surface area is 117 Å². The van der Waals surface area contributed by atoms with Crippen molar-refractivity contribution in [1.29, 1.82) is 0 Å². The normalized spacial score (nSPS) is 12.8. The molecule has 2 N–H and O–H groups in total. The third kappa shape index (κ3) is 3.42. The number of nitrogens with one attached hydrogen (secondary N) is 1. The van der Waals surface area contributed by atoms with Gasteiger partial charge in [0.05, 0.1) is 24.8 Å². The van der Waals surface area contributed by atoms with E-state index in [9.17, 15) is 5.11 Å². The van der Waals surface area contributed by atoms with Crippen LogP contribution in [0.2, 0.25) is 5.02 Å². The summed E-state index contributed by atoms with van der Waals surface area (Å²) in [4.78, 5) is 4.37. The first-order chi connectivity index (χ1) is 9.26. The summed E-state index contributed by atoms with van der Waals surface area (Å²) in [6.45, 7) is 1.11. The Kier molecular flexibility index (Phi) is 5.10. The molecule has 0 unspecified atom stereocenters. The van der Waals surface area contributed by atoms with Crippen molar-refractivity contribution in [2.24, 2.45) is 0 Å². The molecule has 5 heteroatoms. The lowest BCUT2D eigenvalue weighted by Crippen LogP contribution is -2.35. The van der Waals surface area contributed by atoms with Crippen LogP contribution in [-0.2, 0) is 11.3 Å². The number of halogens is 1. The van der Waals surface area contributed by atoms with Gasteiger partial charge in [0.1, 0.15) is 0 Å². The maximum atomic E-state index is 9.21. The number of aliphatic hydroxyl groups excluding tert-OH is 1.